The third-order valence-electron chi connectivity index (χ3n) is 3.76. The van der Waals surface area contributed by atoms with Crippen LogP contribution in [0.15, 0.2) is 59.6 Å². The van der Waals surface area contributed by atoms with Crippen molar-refractivity contribution in [2.24, 2.45) is 10.9 Å². The van der Waals surface area contributed by atoms with Crippen molar-refractivity contribution >= 4 is 22.9 Å². The number of nitrogens with zero attached hydrogens (tertiary/aromatic N) is 3. The lowest BCUT2D eigenvalue weighted by molar-refractivity contribution is -0.384. The number of nitro benzene ring substituents is 1. The summed E-state index contributed by atoms with van der Waals surface area (Å²) in [5.41, 5.74) is 1.68. The molecule has 122 valence electrons. The molecule has 0 aliphatic carbocycles. The van der Waals surface area contributed by atoms with Gasteiger partial charge in [-0.2, -0.15) is 5.26 Å². The summed E-state index contributed by atoms with van der Waals surface area (Å²) in [6.07, 6.45) is 1.57. The number of halogens is 1. The van der Waals surface area contributed by atoms with Crippen LogP contribution in [0.4, 0.5) is 10.1 Å². The Labute approximate surface area is 141 Å². The number of dihydropyridines is 1. The molecule has 2 aromatic rings. The predicted octanol–water partition coefficient (Wildman–Crippen LogP) is 3.29. The number of nitro groups is 1. The van der Waals surface area contributed by atoms with Crippen molar-refractivity contribution < 1.29 is 14.1 Å². The van der Waals surface area contributed by atoms with Gasteiger partial charge in [-0.05, 0) is 41.5 Å². The monoisotopic (exact) mass is 335 g/mol. The van der Waals surface area contributed by atoms with Gasteiger partial charge in [0.05, 0.1) is 16.7 Å². The molecule has 0 saturated carbocycles. The number of rotatable bonds is 3. The molecule has 1 atom stereocenters. The number of hydrogen-bond acceptors (Lipinski definition) is 4. The van der Waals surface area contributed by atoms with Crippen LogP contribution in [-0.4, -0.2) is 16.5 Å². The van der Waals surface area contributed by atoms with Gasteiger partial charge >= 0.3 is 0 Å². The molecule has 0 radical (unpaired) electrons. The first-order chi connectivity index (χ1) is 12.0. The van der Waals surface area contributed by atoms with Crippen LogP contribution >= 0.6 is 0 Å². The van der Waals surface area contributed by atoms with E-state index in [-0.39, 0.29) is 5.69 Å². The summed E-state index contributed by atoms with van der Waals surface area (Å²) >= 11 is 0. The molecule has 6 nitrogen and oxygen atoms in total. The van der Waals surface area contributed by atoms with Crippen LogP contribution < -0.4 is 0 Å². The van der Waals surface area contributed by atoms with E-state index in [9.17, 15) is 24.6 Å². The van der Waals surface area contributed by atoms with Gasteiger partial charge in [0.15, 0.2) is 5.92 Å². The number of nitriles is 1. The summed E-state index contributed by atoms with van der Waals surface area (Å²) in [6, 6.07) is 12.9. The maximum atomic E-state index is 13.1. The van der Waals surface area contributed by atoms with Crippen LogP contribution in [-0.2, 0) is 4.79 Å². The van der Waals surface area contributed by atoms with Gasteiger partial charge in [0.1, 0.15) is 5.82 Å². The van der Waals surface area contributed by atoms with E-state index < -0.39 is 22.6 Å². The van der Waals surface area contributed by atoms with E-state index in [1.54, 1.807) is 6.08 Å². The zero-order valence-electron chi connectivity index (χ0n) is 12.7. The van der Waals surface area contributed by atoms with Gasteiger partial charge in [-0.3, -0.25) is 14.9 Å². The van der Waals surface area contributed by atoms with Crippen LogP contribution in [0.5, 0.6) is 0 Å². The summed E-state index contributed by atoms with van der Waals surface area (Å²) < 4.78 is 13.1. The summed E-state index contributed by atoms with van der Waals surface area (Å²) in [5.74, 6) is -2.13. The van der Waals surface area contributed by atoms with E-state index in [0.29, 0.717) is 22.4 Å². The van der Waals surface area contributed by atoms with Gasteiger partial charge in [-0.1, -0.05) is 12.1 Å². The van der Waals surface area contributed by atoms with E-state index in [1.165, 1.54) is 48.5 Å². The Hall–Kier alpha value is -3.66. The van der Waals surface area contributed by atoms with E-state index in [4.69, 9.17) is 0 Å². The minimum absolute atomic E-state index is 0.0795. The molecular formula is C18H10FN3O3. The second-order valence-corrected chi connectivity index (χ2v) is 5.31. The van der Waals surface area contributed by atoms with E-state index in [1.807, 2.05) is 6.07 Å². The predicted molar refractivity (Wildman–Crippen MR) is 88.1 cm³/mol. The van der Waals surface area contributed by atoms with Crippen LogP contribution in [0.25, 0.3) is 5.57 Å². The van der Waals surface area contributed by atoms with Crippen molar-refractivity contribution in [1.82, 2.24) is 0 Å². The summed E-state index contributed by atoms with van der Waals surface area (Å²) in [5, 5.41) is 20.0. The minimum Gasteiger partial charge on any atom is -0.271 e. The van der Waals surface area contributed by atoms with Crippen molar-refractivity contribution in [2.75, 3.05) is 0 Å². The summed E-state index contributed by atoms with van der Waals surface area (Å²) in [6.45, 7) is 0. The maximum Gasteiger partial charge on any atom is 0.269 e. The quantitative estimate of drug-likeness (QED) is 0.635. The lowest BCUT2D eigenvalue weighted by Crippen LogP contribution is -2.20. The van der Waals surface area contributed by atoms with Gasteiger partial charge in [-0.25, -0.2) is 9.38 Å². The number of benzene rings is 2. The molecule has 1 unspecified atom stereocenters. The molecule has 25 heavy (non-hydrogen) atoms. The van der Waals surface area contributed by atoms with Crippen molar-refractivity contribution in [1.29, 1.82) is 5.26 Å². The number of allylic oxidation sites excluding steroid dienone is 1. The minimum atomic E-state index is -1.08. The average molecular weight is 335 g/mol. The average Bonchev–Trinajstić information content (AvgIpc) is 2.62. The van der Waals surface area contributed by atoms with Crippen LogP contribution in [0.1, 0.15) is 11.1 Å². The molecule has 0 aromatic heterocycles. The van der Waals surface area contributed by atoms with Crippen LogP contribution in [0, 0.1) is 33.2 Å². The smallest absolute Gasteiger partial charge is 0.269 e. The molecule has 1 aliphatic rings. The molecule has 0 spiro atoms. The van der Waals surface area contributed by atoms with Gasteiger partial charge in [-0.15, -0.1) is 0 Å². The van der Waals surface area contributed by atoms with E-state index in [2.05, 4.69) is 4.99 Å². The van der Waals surface area contributed by atoms with Crippen molar-refractivity contribution in [2.45, 2.75) is 0 Å². The highest BCUT2D eigenvalue weighted by Gasteiger charge is 2.28. The molecule has 0 N–H and O–H groups in total. The second kappa shape index (κ2) is 6.45. The Morgan fingerprint density at radius 3 is 2.24 bits per heavy atom. The van der Waals surface area contributed by atoms with Crippen LogP contribution in [0.3, 0.4) is 0 Å². The largest absolute Gasteiger partial charge is 0.271 e. The molecule has 1 aliphatic heterocycles. The van der Waals surface area contributed by atoms with E-state index >= 15 is 0 Å². The van der Waals surface area contributed by atoms with E-state index in [0.717, 1.165) is 0 Å². The maximum absolute atomic E-state index is 13.1. The first-order valence-corrected chi connectivity index (χ1v) is 7.24. The molecule has 2 aromatic carbocycles. The fraction of sp³-hybridized carbons (Fsp3) is 0.0556. The molecule has 0 fully saturated rings. The topological polar surface area (TPSA) is 96.4 Å². The van der Waals surface area contributed by atoms with Gasteiger partial charge in [0.2, 0.25) is 0 Å². The molecule has 1 heterocycles. The fourth-order valence-corrected chi connectivity index (χ4v) is 2.50. The number of aliphatic imine (C=N–C) groups is 1. The van der Waals surface area contributed by atoms with Crippen molar-refractivity contribution in [3.05, 3.63) is 81.7 Å². The second-order valence-electron chi connectivity index (χ2n) is 5.31. The Balaban J connectivity index is 2.05. The highest BCUT2D eigenvalue weighted by molar-refractivity contribution is 6.21. The van der Waals surface area contributed by atoms with Crippen molar-refractivity contribution in [3.8, 4) is 6.07 Å². The Bertz CT molecular complexity index is 955. The van der Waals surface area contributed by atoms with Gasteiger partial charge < -0.3 is 0 Å². The molecule has 7 heteroatoms. The number of carbonyl (C=O) groups excluding carboxylic acids is 1. The molecule has 3 rings (SSSR count). The first kappa shape index (κ1) is 16.2. The third-order valence-corrected chi connectivity index (χ3v) is 3.76. The number of hydrogen-bond donors (Lipinski definition) is 0. The Kier molecular flexibility index (Phi) is 4.18. The van der Waals surface area contributed by atoms with Gasteiger partial charge in [0.25, 0.3) is 11.6 Å². The molecule has 0 saturated heterocycles. The molecule has 1 amide bonds. The van der Waals surface area contributed by atoms with Gasteiger partial charge in [0, 0.05) is 17.7 Å². The highest BCUT2D eigenvalue weighted by Crippen LogP contribution is 2.29. The number of carbonyl (C=O) groups is 1. The van der Waals surface area contributed by atoms with Crippen molar-refractivity contribution in [3.63, 3.8) is 0 Å². The lowest BCUT2D eigenvalue weighted by Gasteiger charge is -2.17. The van der Waals surface area contributed by atoms with Crippen LogP contribution in [0.2, 0.25) is 0 Å². The SMILES string of the molecule is N#CC1C(=O)N=C(c2ccc([N+](=O)[O-])cc2)C=C1c1ccc(F)cc1. The highest BCUT2D eigenvalue weighted by atomic mass is 19.1. The number of non-ortho nitro benzene ring substituents is 1. The zero-order valence-corrected chi connectivity index (χ0v) is 12.7. The third kappa shape index (κ3) is 3.19. The molecular weight excluding hydrogens is 325 g/mol. The lowest BCUT2D eigenvalue weighted by atomic mass is 9.88. The Morgan fingerprint density at radius 2 is 1.68 bits per heavy atom. The normalized spacial score (nSPS) is 16.6. The number of amides is 1. The first-order valence-electron chi connectivity index (χ1n) is 7.24. The summed E-state index contributed by atoms with van der Waals surface area (Å²) in [7, 11) is 0. The summed E-state index contributed by atoms with van der Waals surface area (Å²) in [4.78, 5) is 26.3. The standard InChI is InChI=1S/C18H10FN3O3/c19-13-5-1-11(2-6-13)15-9-17(21-18(23)16(15)10-20)12-3-7-14(8-4-12)22(24)25/h1-9,16H. The Morgan fingerprint density at radius 1 is 1.08 bits per heavy atom. The molecule has 0 bridgehead atoms. The zero-order chi connectivity index (χ0) is 18.0. The fourth-order valence-electron chi connectivity index (χ4n) is 2.50.